The summed E-state index contributed by atoms with van der Waals surface area (Å²) in [4.78, 5) is 0. The molecule has 0 aliphatic carbocycles. The highest BCUT2D eigenvalue weighted by molar-refractivity contribution is 5.81. The molecule has 0 aliphatic heterocycles. The van der Waals surface area contributed by atoms with Gasteiger partial charge in [-0.05, 0) is 36.9 Å². The van der Waals surface area contributed by atoms with Crippen molar-refractivity contribution in [1.82, 2.24) is 4.57 Å². The molecule has 1 nitrogen and oxygen atoms in total. The molecular weight excluding hydrogens is 146 g/mol. The van der Waals surface area contributed by atoms with Gasteiger partial charge in [0.1, 0.15) is 0 Å². The lowest BCUT2D eigenvalue weighted by molar-refractivity contribution is 0.861. The Bertz CT molecular complexity index is 398. The maximum atomic E-state index is 5.65. The first-order valence-corrected chi connectivity index (χ1v) is 3.85. The molecule has 12 heavy (non-hydrogen) atoms. The molecule has 1 aromatic carbocycles. The van der Waals surface area contributed by atoms with Gasteiger partial charge in [-0.3, -0.25) is 0 Å². The van der Waals surface area contributed by atoms with Crippen molar-refractivity contribution in [1.29, 1.82) is 0 Å². The zero-order valence-electron chi connectivity index (χ0n) is 6.70. The normalized spacial score (nSPS) is 10.8. The maximum absolute atomic E-state index is 5.65. The van der Waals surface area contributed by atoms with Gasteiger partial charge in [0, 0.05) is 18.3 Å². The first-order valence-electron chi connectivity index (χ1n) is 3.85. The Labute approximate surface area is 72.6 Å². The van der Waals surface area contributed by atoms with Crippen molar-refractivity contribution in [2.45, 2.75) is 6.54 Å². The van der Waals surface area contributed by atoms with E-state index >= 15 is 0 Å². The number of fused-ring (bicyclic) bond motifs is 1. The second-order valence-electron chi connectivity index (χ2n) is 2.79. The summed E-state index contributed by atoms with van der Waals surface area (Å²) in [6.45, 7) is 11.7. The number of aromatic nitrogens is 1. The molecule has 0 unspecified atom stereocenters. The van der Waals surface area contributed by atoms with Gasteiger partial charge in [0.25, 0.3) is 0 Å². The largest absolute Gasteiger partial charge is 0.347 e. The summed E-state index contributed by atoms with van der Waals surface area (Å²) in [5.41, 5.74) is 1.87. The summed E-state index contributed by atoms with van der Waals surface area (Å²) in [7, 11) is 0. The fraction of sp³-hybridized carbons (Fsp3) is 0.0909. The Kier molecular flexibility index (Phi) is 1.65. The number of rotatable bonds is 1. The number of hydrogen-bond donors (Lipinski definition) is 0. The van der Waals surface area contributed by atoms with E-state index in [2.05, 4.69) is 0 Å². The van der Waals surface area contributed by atoms with Crippen LogP contribution in [-0.4, -0.2) is 4.57 Å². The van der Waals surface area contributed by atoms with Crippen molar-refractivity contribution in [3.63, 3.8) is 0 Å². The standard InChI is InChI=1S/C11H9N/c1-3-12-7-6-10-5-4-9(2)8-11(10)12/h1-2,4-8H,3H2. The van der Waals surface area contributed by atoms with E-state index in [0.29, 0.717) is 6.54 Å². The second kappa shape index (κ2) is 2.67. The number of benzene rings is 1. The summed E-state index contributed by atoms with van der Waals surface area (Å²) in [6.07, 6.45) is 1.96. The molecule has 2 rings (SSSR count). The highest BCUT2D eigenvalue weighted by Crippen LogP contribution is 2.16. The fourth-order valence-electron chi connectivity index (χ4n) is 1.36. The lowest BCUT2D eigenvalue weighted by Crippen LogP contribution is -1.90. The van der Waals surface area contributed by atoms with Crippen LogP contribution in [0.5, 0.6) is 0 Å². The minimum atomic E-state index is 0.493. The average Bonchev–Trinajstić information content (AvgIpc) is 2.46. The second-order valence-corrected chi connectivity index (χ2v) is 2.79. The smallest absolute Gasteiger partial charge is 0.0483 e. The van der Waals surface area contributed by atoms with Crippen LogP contribution in [0.15, 0.2) is 30.5 Å². The van der Waals surface area contributed by atoms with Crippen LogP contribution in [0.2, 0.25) is 0 Å². The minimum Gasteiger partial charge on any atom is -0.347 e. The molecule has 0 amide bonds. The molecule has 0 aliphatic rings. The van der Waals surface area contributed by atoms with E-state index in [1.165, 1.54) is 5.39 Å². The molecule has 4 radical (unpaired) electrons. The maximum Gasteiger partial charge on any atom is 0.0483 e. The average molecular weight is 155 g/mol. The van der Waals surface area contributed by atoms with Gasteiger partial charge >= 0.3 is 0 Å². The molecule has 2 aromatic rings. The van der Waals surface area contributed by atoms with Crippen LogP contribution < -0.4 is 0 Å². The molecule has 0 bridgehead atoms. The summed E-state index contributed by atoms with van der Waals surface area (Å²) < 4.78 is 1.96. The summed E-state index contributed by atoms with van der Waals surface area (Å²) >= 11 is 0. The van der Waals surface area contributed by atoms with Gasteiger partial charge in [0.2, 0.25) is 0 Å². The molecule has 1 heterocycles. The molecule has 0 saturated heterocycles. The molecule has 1 heteroatoms. The third kappa shape index (κ3) is 1.02. The molecule has 0 atom stereocenters. The highest BCUT2D eigenvalue weighted by atomic mass is 14.9. The SMILES string of the molecule is [CH]Cn1ccc2ccc([CH])cc21. The Hall–Kier alpha value is -1.24. The lowest BCUT2D eigenvalue weighted by Gasteiger charge is -2.00. The Morgan fingerprint density at radius 3 is 2.83 bits per heavy atom. The summed E-state index contributed by atoms with van der Waals surface area (Å²) in [5, 5.41) is 1.18. The highest BCUT2D eigenvalue weighted by Gasteiger charge is 1.97. The third-order valence-electron chi connectivity index (χ3n) is 1.99. The fourth-order valence-corrected chi connectivity index (χ4v) is 1.36. The van der Waals surface area contributed by atoms with E-state index in [1.54, 1.807) is 0 Å². The molecule has 58 valence electrons. The van der Waals surface area contributed by atoms with Crippen molar-refractivity contribution in [2.75, 3.05) is 0 Å². The third-order valence-corrected chi connectivity index (χ3v) is 1.99. The molecule has 0 fully saturated rings. The van der Waals surface area contributed by atoms with Gasteiger partial charge in [-0.2, -0.15) is 0 Å². The van der Waals surface area contributed by atoms with E-state index in [0.717, 1.165) is 11.1 Å². The van der Waals surface area contributed by atoms with Crippen LogP contribution in [-0.2, 0) is 6.54 Å². The van der Waals surface area contributed by atoms with E-state index < -0.39 is 0 Å². The number of nitrogens with zero attached hydrogens (tertiary/aromatic N) is 1. The molecular formula is C11H9N. The first kappa shape index (κ1) is 7.41. The van der Waals surface area contributed by atoms with Crippen LogP contribution >= 0.6 is 0 Å². The quantitative estimate of drug-likeness (QED) is 0.596. The zero-order chi connectivity index (χ0) is 8.55. The van der Waals surface area contributed by atoms with Gasteiger partial charge in [-0.1, -0.05) is 12.1 Å². The van der Waals surface area contributed by atoms with Gasteiger partial charge in [-0.25, -0.2) is 0 Å². The van der Waals surface area contributed by atoms with Crippen LogP contribution in [0.1, 0.15) is 5.56 Å². The monoisotopic (exact) mass is 155 g/mol. The van der Waals surface area contributed by atoms with Crippen LogP contribution in [0.4, 0.5) is 0 Å². The van der Waals surface area contributed by atoms with E-state index in [9.17, 15) is 0 Å². The Morgan fingerprint density at radius 1 is 1.25 bits per heavy atom. The van der Waals surface area contributed by atoms with Crippen LogP contribution in [0.25, 0.3) is 10.9 Å². The minimum absolute atomic E-state index is 0.493. The van der Waals surface area contributed by atoms with Crippen molar-refractivity contribution >= 4 is 10.9 Å². The lowest BCUT2D eigenvalue weighted by atomic mass is 10.2. The molecule has 1 aromatic heterocycles. The summed E-state index contributed by atoms with van der Waals surface area (Å²) in [5.74, 6) is 0. The van der Waals surface area contributed by atoms with Crippen LogP contribution in [0.3, 0.4) is 0 Å². The van der Waals surface area contributed by atoms with E-state index in [1.807, 2.05) is 35.0 Å². The first-order chi connectivity index (χ1) is 5.81. The van der Waals surface area contributed by atoms with Crippen molar-refractivity contribution < 1.29 is 0 Å². The van der Waals surface area contributed by atoms with Gasteiger partial charge in [-0.15, -0.1) is 0 Å². The Morgan fingerprint density at radius 2 is 2.08 bits per heavy atom. The molecule has 0 spiro atoms. The van der Waals surface area contributed by atoms with Crippen molar-refractivity contribution in [3.8, 4) is 0 Å². The van der Waals surface area contributed by atoms with Gasteiger partial charge < -0.3 is 4.57 Å². The summed E-state index contributed by atoms with van der Waals surface area (Å²) in [6, 6.07) is 7.85. The van der Waals surface area contributed by atoms with E-state index in [-0.39, 0.29) is 0 Å². The van der Waals surface area contributed by atoms with Crippen molar-refractivity contribution in [2.24, 2.45) is 0 Å². The van der Waals surface area contributed by atoms with Crippen LogP contribution in [0, 0.1) is 13.8 Å². The predicted molar refractivity (Wildman–Crippen MR) is 49.6 cm³/mol. The molecule has 0 saturated carbocycles. The topological polar surface area (TPSA) is 4.93 Å². The number of hydrogen-bond acceptors (Lipinski definition) is 0. The predicted octanol–water partition coefficient (Wildman–Crippen LogP) is 2.41. The zero-order valence-corrected chi connectivity index (χ0v) is 6.70. The van der Waals surface area contributed by atoms with E-state index in [4.69, 9.17) is 13.8 Å². The van der Waals surface area contributed by atoms with Crippen molar-refractivity contribution in [3.05, 3.63) is 49.9 Å². The van der Waals surface area contributed by atoms with Gasteiger partial charge in [0.05, 0.1) is 0 Å². The Balaban J connectivity index is 2.75. The molecule has 0 N–H and O–H groups in total. The van der Waals surface area contributed by atoms with Gasteiger partial charge in [0.15, 0.2) is 0 Å².